The van der Waals surface area contributed by atoms with Crippen LogP contribution in [-0.2, 0) is 28.4 Å². The molecule has 1 N–H and O–H groups in total. The van der Waals surface area contributed by atoms with Gasteiger partial charge in [0.2, 0.25) is 0 Å². The molecule has 1 aromatic heterocycles. The van der Waals surface area contributed by atoms with E-state index in [0.717, 1.165) is 0 Å². The SMILES string of the molecule is O=C(CCn1ccc(=O)[nH]c1=O)[C]1[CH][CH][CH][CH]1.[CH]1[CH][CH][CH][CH]1.[Fe+2]. The predicted octanol–water partition coefficient (Wildman–Crippen LogP) is 0.920. The molecule has 0 spiro atoms. The first-order valence-electron chi connectivity index (χ1n) is 6.88. The maximum absolute atomic E-state index is 11.7. The molecule has 2 aliphatic carbocycles. The van der Waals surface area contributed by atoms with Gasteiger partial charge in [0.1, 0.15) is 5.78 Å². The molecule has 10 radical (unpaired) electrons. The summed E-state index contributed by atoms with van der Waals surface area (Å²) in [7, 11) is 0. The number of rotatable bonds is 4. The molecule has 6 heteroatoms. The van der Waals surface area contributed by atoms with E-state index in [2.05, 4.69) is 4.98 Å². The molecule has 0 atom stereocenters. The molecule has 2 aliphatic rings. The number of aromatic nitrogens is 2. The van der Waals surface area contributed by atoms with Crippen LogP contribution in [0.5, 0.6) is 0 Å². The minimum atomic E-state index is -0.493. The summed E-state index contributed by atoms with van der Waals surface area (Å²) < 4.78 is 1.31. The van der Waals surface area contributed by atoms with Gasteiger partial charge in [-0.3, -0.25) is 14.6 Å². The van der Waals surface area contributed by atoms with Crippen molar-refractivity contribution in [3.63, 3.8) is 0 Å². The fourth-order valence-corrected chi connectivity index (χ4v) is 1.87. The largest absolute Gasteiger partial charge is 2.00 e. The molecule has 1 heterocycles. The number of aromatic amines is 1. The Morgan fingerprint density at radius 1 is 0.957 bits per heavy atom. The number of H-pyrrole nitrogens is 1. The molecule has 23 heavy (non-hydrogen) atoms. The van der Waals surface area contributed by atoms with Crippen molar-refractivity contribution in [1.82, 2.24) is 9.55 Å². The van der Waals surface area contributed by atoms with Crippen LogP contribution in [-0.4, -0.2) is 15.3 Å². The minimum absolute atomic E-state index is 0. The van der Waals surface area contributed by atoms with Crippen LogP contribution in [0.1, 0.15) is 6.42 Å². The maximum atomic E-state index is 11.7. The van der Waals surface area contributed by atoms with Gasteiger partial charge in [-0.2, -0.15) is 0 Å². The topological polar surface area (TPSA) is 71.9 Å². The van der Waals surface area contributed by atoms with Crippen molar-refractivity contribution in [2.75, 3.05) is 0 Å². The van der Waals surface area contributed by atoms with Crippen molar-refractivity contribution in [1.29, 1.82) is 0 Å². The zero-order valence-electron chi connectivity index (χ0n) is 12.3. The quantitative estimate of drug-likeness (QED) is 0.820. The average molecular weight is 352 g/mol. The van der Waals surface area contributed by atoms with Crippen LogP contribution in [0, 0.1) is 63.7 Å². The molecule has 5 nitrogen and oxygen atoms in total. The summed E-state index contributed by atoms with van der Waals surface area (Å²) in [6.45, 7) is 0.264. The first-order chi connectivity index (χ1) is 10.7. The molecule has 0 bridgehead atoms. The van der Waals surface area contributed by atoms with E-state index in [1.54, 1.807) is 25.7 Å². The van der Waals surface area contributed by atoms with Gasteiger partial charge in [0.15, 0.2) is 0 Å². The number of carbonyl (C=O) groups is 1. The second kappa shape index (κ2) is 10.6. The standard InChI is InChI=1S/C12H11N2O3.C5H5.Fe/c15-10(9-3-1-2-4-9)5-7-14-8-6-11(16)13-12(14)17;1-2-4-5-3-1;/h1-4,6,8H,5,7H2,(H,13,16,17);1-5H;/q;;+2. The summed E-state index contributed by atoms with van der Waals surface area (Å²) in [4.78, 5) is 36.0. The Kier molecular flexibility index (Phi) is 9.19. The number of hydrogen-bond donors (Lipinski definition) is 1. The summed E-state index contributed by atoms with van der Waals surface area (Å²) >= 11 is 0. The van der Waals surface area contributed by atoms with Crippen LogP contribution in [0.2, 0.25) is 0 Å². The third-order valence-electron chi connectivity index (χ3n) is 3.02. The van der Waals surface area contributed by atoms with E-state index < -0.39 is 11.2 Å². The van der Waals surface area contributed by atoms with Crippen LogP contribution in [0.4, 0.5) is 0 Å². The van der Waals surface area contributed by atoms with E-state index in [4.69, 9.17) is 0 Å². The summed E-state index contributed by atoms with van der Waals surface area (Å²) in [5.74, 6) is 0.621. The van der Waals surface area contributed by atoms with Crippen molar-refractivity contribution >= 4 is 5.78 Å². The zero-order valence-corrected chi connectivity index (χ0v) is 13.4. The van der Waals surface area contributed by atoms with Crippen molar-refractivity contribution in [2.24, 2.45) is 0 Å². The molecule has 0 aromatic carbocycles. The average Bonchev–Trinajstić information content (AvgIpc) is 3.21. The van der Waals surface area contributed by atoms with Gasteiger partial charge < -0.3 is 4.57 Å². The van der Waals surface area contributed by atoms with Gasteiger partial charge in [-0.05, 0) is 57.8 Å². The first kappa shape index (κ1) is 19.9. The van der Waals surface area contributed by atoms with Crippen LogP contribution in [0.3, 0.4) is 0 Å². The third kappa shape index (κ3) is 6.88. The van der Waals surface area contributed by atoms with Crippen molar-refractivity contribution < 1.29 is 21.9 Å². The Balaban J connectivity index is 0.000000377. The van der Waals surface area contributed by atoms with Crippen LogP contribution in [0.25, 0.3) is 0 Å². The van der Waals surface area contributed by atoms with Gasteiger partial charge in [-0.25, -0.2) is 4.79 Å². The fraction of sp³-hybridized carbons (Fsp3) is 0.118. The minimum Gasteiger partial charge on any atom is -0.300 e. The van der Waals surface area contributed by atoms with E-state index in [1.165, 1.54) is 16.8 Å². The smallest absolute Gasteiger partial charge is 0.300 e. The number of Topliss-reactive ketones (excluding diaryl/α,β-unsaturated/α-hetero) is 1. The Hall–Kier alpha value is -1.13. The Labute approximate surface area is 147 Å². The summed E-state index contributed by atoms with van der Waals surface area (Å²) in [6.07, 6.45) is 18.7. The monoisotopic (exact) mass is 352 g/mol. The molecule has 3 rings (SSSR count). The molecule has 0 aliphatic heterocycles. The normalized spacial score (nSPS) is 17.2. The molecule has 0 unspecified atom stereocenters. The predicted molar refractivity (Wildman–Crippen MR) is 82.9 cm³/mol. The molecular formula is C17H16FeN2O3+2. The molecule has 2 fully saturated rings. The van der Waals surface area contributed by atoms with Gasteiger partial charge >= 0.3 is 22.8 Å². The third-order valence-corrected chi connectivity index (χ3v) is 3.02. The summed E-state index contributed by atoms with van der Waals surface area (Å²) in [6, 6.07) is 1.26. The van der Waals surface area contributed by atoms with E-state index in [0.29, 0.717) is 5.92 Å². The van der Waals surface area contributed by atoms with Gasteiger partial charge in [0.05, 0.1) is 0 Å². The second-order valence-electron chi connectivity index (χ2n) is 4.61. The Morgan fingerprint density at radius 2 is 1.52 bits per heavy atom. The first-order valence-corrected chi connectivity index (χ1v) is 6.88. The number of ketones is 1. The van der Waals surface area contributed by atoms with Crippen molar-refractivity contribution in [2.45, 2.75) is 13.0 Å². The molecule has 0 amide bonds. The van der Waals surface area contributed by atoms with Gasteiger partial charge in [-0.1, -0.05) is 0 Å². The Bertz CT molecular complexity index is 576. The number of nitrogens with zero attached hydrogens (tertiary/aromatic N) is 1. The van der Waals surface area contributed by atoms with Gasteiger partial charge in [0, 0.05) is 31.1 Å². The van der Waals surface area contributed by atoms with E-state index >= 15 is 0 Å². The summed E-state index contributed by atoms with van der Waals surface area (Å²) in [5, 5.41) is 0. The summed E-state index contributed by atoms with van der Waals surface area (Å²) in [5.41, 5.74) is -0.929. The fourth-order valence-electron chi connectivity index (χ4n) is 1.87. The Morgan fingerprint density at radius 3 is 2.04 bits per heavy atom. The molecule has 0 saturated heterocycles. The van der Waals surface area contributed by atoms with Crippen LogP contribution in [0.15, 0.2) is 21.9 Å². The number of carbonyl (C=O) groups excluding carboxylic acids is 1. The maximum Gasteiger partial charge on any atom is 2.00 e. The molecular weight excluding hydrogens is 336 g/mol. The molecule has 118 valence electrons. The van der Waals surface area contributed by atoms with Crippen molar-refractivity contribution in [3.05, 3.63) is 96.8 Å². The number of hydrogen-bond acceptors (Lipinski definition) is 3. The van der Waals surface area contributed by atoms with Crippen LogP contribution >= 0.6 is 0 Å². The van der Waals surface area contributed by atoms with E-state index in [1.807, 2.05) is 32.1 Å². The zero-order chi connectivity index (χ0) is 15.8. The second-order valence-corrected chi connectivity index (χ2v) is 4.61. The number of nitrogens with one attached hydrogen (secondary N) is 1. The van der Waals surface area contributed by atoms with E-state index in [-0.39, 0.29) is 35.8 Å². The molecule has 2 saturated carbocycles. The van der Waals surface area contributed by atoms with Gasteiger partial charge in [0.25, 0.3) is 5.56 Å². The van der Waals surface area contributed by atoms with Crippen LogP contribution < -0.4 is 11.2 Å². The van der Waals surface area contributed by atoms with Gasteiger partial charge in [-0.15, -0.1) is 0 Å². The van der Waals surface area contributed by atoms with E-state index in [9.17, 15) is 14.4 Å². The number of aryl methyl sites for hydroxylation is 1. The van der Waals surface area contributed by atoms with Crippen molar-refractivity contribution in [3.8, 4) is 0 Å². The molecule has 1 aromatic rings.